The largest absolute Gasteiger partial charge is 0.868 e. The van der Waals surface area contributed by atoms with Gasteiger partial charge < -0.3 is 9.84 Å². The molecule has 172 valence electrons. The summed E-state index contributed by atoms with van der Waals surface area (Å²) in [5.74, 6) is -3.01. The number of hydrogen-bond acceptors (Lipinski definition) is 7. The Morgan fingerprint density at radius 2 is 2.00 bits per heavy atom. The topological polar surface area (TPSA) is 122 Å². The average Bonchev–Trinajstić information content (AvgIpc) is 2.69. The van der Waals surface area contributed by atoms with Crippen LogP contribution in [-0.2, 0) is 14.3 Å². The molecule has 0 saturated heterocycles. The van der Waals surface area contributed by atoms with Crippen molar-refractivity contribution in [1.29, 1.82) is 0 Å². The summed E-state index contributed by atoms with van der Waals surface area (Å²) in [5, 5.41) is 23.4. The predicted octanol–water partition coefficient (Wildman–Crippen LogP) is 4.22. The van der Waals surface area contributed by atoms with E-state index in [4.69, 9.17) is 4.74 Å². The zero-order valence-corrected chi connectivity index (χ0v) is 19.0. The Kier molecular flexibility index (Phi) is 6.81. The molecule has 3 rings (SSSR count). The number of aliphatic imine (C=N–C) groups is 1. The molecule has 1 aliphatic heterocycles. The summed E-state index contributed by atoms with van der Waals surface area (Å²) in [5.41, 5.74) is 1.04. The lowest BCUT2D eigenvalue weighted by Crippen LogP contribution is -2.39. The number of nitro benzene ring substituents is 1. The van der Waals surface area contributed by atoms with Gasteiger partial charge in [-0.25, -0.2) is 0 Å². The summed E-state index contributed by atoms with van der Waals surface area (Å²) in [7, 11) is 0. The Morgan fingerprint density at radius 3 is 2.66 bits per heavy atom. The van der Waals surface area contributed by atoms with Gasteiger partial charge in [-0.15, -0.1) is 0 Å². The van der Waals surface area contributed by atoms with Gasteiger partial charge in [-0.3, -0.25) is 24.7 Å². The van der Waals surface area contributed by atoms with Gasteiger partial charge in [0.2, 0.25) is 0 Å². The molecule has 0 bridgehead atoms. The number of carbonyl (C=O) groups excluding carboxylic acids is 2. The highest BCUT2D eigenvalue weighted by atomic mass is 16.6. The highest BCUT2D eigenvalue weighted by Gasteiger charge is 2.46. The van der Waals surface area contributed by atoms with E-state index in [2.05, 4.69) is 4.99 Å². The van der Waals surface area contributed by atoms with Gasteiger partial charge in [0.1, 0.15) is 5.92 Å². The van der Waals surface area contributed by atoms with Crippen molar-refractivity contribution in [1.82, 2.24) is 0 Å². The van der Waals surface area contributed by atoms with E-state index in [0.29, 0.717) is 29.0 Å². The van der Waals surface area contributed by atoms with Crippen LogP contribution in [0.5, 0.6) is 5.75 Å². The van der Waals surface area contributed by atoms with Crippen LogP contribution in [0.3, 0.4) is 0 Å². The molecule has 0 radical (unpaired) electrons. The van der Waals surface area contributed by atoms with Gasteiger partial charge in [0.05, 0.1) is 11.5 Å². The molecule has 1 unspecified atom stereocenters. The van der Waals surface area contributed by atoms with Gasteiger partial charge in [-0.2, -0.15) is 0 Å². The average molecular weight is 442 g/mol. The number of benzene rings is 1. The molecule has 1 aromatic carbocycles. The van der Waals surface area contributed by atoms with Crippen LogP contribution in [-0.4, -0.2) is 29.0 Å². The molecule has 1 aromatic rings. The number of Topliss-reactive ketones (excluding diaryl/α,β-unsaturated/α-hetero) is 1. The lowest BCUT2D eigenvalue weighted by atomic mass is 9.67. The van der Waals surface area contributed by atoms with Crippen LogP contribution in [0.2, 0.25) is 0 Å². The van der Waals surface area contributed by atoms with E-state index in [0.717, 1.165) is 25.3 Å². The standard InChI is InChI=1S/C24H30N2O6/c1-5-6-7-10-32-23(29)20-14(2)25-16-12-24(3,4)13-19(28)22(16)21(20)15-8-9-18(27)17(11-15)26(30)31/h8-9,11,20-21,27H,5-7,10,12-13H2,1-4H3/p-1/t20?,21-/m0/s1. The number of nitrogens with zero attached hydrogens (tertiary/aromatic N) is 2. The van der Waals surface area contributed by atoms with Crippen molar-refractivity contribution in [3.8, 4) is 5.75 Å². The summed E-state index contributed by atoms with van der Waals surface area (Å²) in [6.45, 7) is 8.00. The highest BCUT2D eigenvalue weighted by molar-refractivity contribution is 6.09. The Labute approximate surface area is 187 Å². The van der Waals surface area contributed by atoms with E-state index in [1.807, 2.05) is 20.8 Å². The van der Waals surface area contributed by atoms with Crippen molar-refractivity contribution < 1.29 is 24.4 Å². The molecule has 32 heavy (non-hydrogen) atoms. The van der Waals surface area contributed by atoms with Crippen LogP contribution < -0.4 is 5.11 Å². The minimum absolute atomic E-state index is 0.130. The van der Waals surface area contributed by atoms with Crippen LogP contribution in [0.25, 0.3) is 0 Å². The Bertz CT molecular complexity index is 1010. The molecule has 0 aromatic heterocycles. The fraction of sp³-hybridized carbons (Fsp3) is 0.542. The van der Waals surface area contributed by atoms with Crippen molar-refractivity contribution in [2.24, 2.45) is 16.3 Å². The zero-order valence-electron chi connectivity index (χ0n) is 19.0. The monoisotopic (exact) mass is 441 g/mol. The Balaban J connectivity index is 2.10. The molecular weight excluding hydrogens is 412 g/mol. The summed E-state index contributed by atoms with van der Waals surface area (Å²) < 4.78 is 5.51. The van der Waals surface area contributed by atoms with E-state index in [1.165, 1.54) is 12.1 Å². The van der Waals surface area contributed by atoms with Crippen molar-refractivity contribution in [2.45, 2.75) is 65.7 Å². The van der Waals surface area contributed by atoms with Gasteiger partial charge in [0.25, 0.3) is 5.69 Å². The van der Waals surface area contributed by atoms with Gasteiger partial charge in [0, 0.05) is 35.4 Å². The molecule has 0 amide bonds. The molecule has 8 heteroatoms. The third kappa shape index (κ3) is 4.74. The summed E-state index contributed by atoms with van der Waals surface area (Å²) in [6.07, 6.45) is 3.48. The first kappa shape index (κ1) is 23.6. The van der Waals surface area contributed by atoms with Gasteiger partial charge in [-0.05, 0) is 36.5 Å². The van der Waals surface area contributed by atoms with Crippen LogP contribution in [0.4, 0.5) is 5.69 Å². The quantitative estimate of drug-likeness (QED) is 0.270. The number of nitro groups is 1. The van der Waals surface area contributed by atoms with E-state index in [-0.39, 0.29) is 24.2 Å². The number of carbonyl (C=O) groups is 2. The third-order valence-electron chi connectivity index (χ3n) is 6.09. The second-order valence-electron chi connectivity index (χ2n) is 9.37. The number of hydrogen-bond donors (Lipinski definition) is 0. The minimum atomic E-state index is -0.877. The molecule has 0 N–H and O–H groups in total. The van der Waals surface area contributed by atoms with E-state index in [9.17, 15) is 24.8 Å². The molecule has 1 heterocycles. The lowest BCUT2D eigenvalue weighted by Gasteiger charge is -2.39. The predicted molar refractivity (Wildman–Crippen MR) is 117 cm³/mol. The van der Waals surface area contributed by atoms with E-state index < -0.39 is 34.2 Å². The molecule has 2 aliphatic rings. The SMILES string of the molecule is CCCCCOC(=O)C1C(C)=NC2=C(C(=O)CC(C)(C)C2)[C@H]1c1ccc([O-])c([N+](=O)[O-])c1. The molecular formula is C24H29N2O6-. The maximum atomic E-state index is 13.2. The smallest absolute Gasteiger partial charge is 0.315 e. The first-order valence-electron chi connectivity index (χ1n) is 11.0. The Morgan fingerprint density at radius 1 is 1.28 bits per heavy atom. The molecule has 1 aliphatic carbocycles. The van der Waals surface area contributed by atoms with Crippen LogP contribution >= 0.6 is 0 Å². The number of esters is 1. The lowest BCUT2D eigenvalue weighted by molar-refractivity contribution is -0.398. The van der Waals surface area contributed by atoms with Crippen LogP contribution in [0, 0.1) is 21.4 Å². The van der Waals surface area contributed by atoms with Crippen LogP contribution in [0.15, 0.2) is 34.5 Å². The number of ketones is 1. The minimum Gasteiger partial charge on any atom is -0.868 e. The Hall–Kier alpha value is -3.03. The van der Waals surface area contributed by atoms with E-state index >= 15 is 0 Å². The zero-order chi connectivity index (χ0) is 23.6. The maximum Gasteiger partial charge on any atom is 0.315 e. The fourth-order valence-electron chi connectivity index (χ4n) is 4.60. The summed E-state index contributed by atoms with van der Waals surface area (Å²) in [4.78, 5) is 41.6. The third-order valence-corrected chi connectivity index (χ3v) is 6.09. The molecule has 8 nitrogen and oxygen atoms in total. The number of unbranched alkanes of at least 4 members (excludes halogenated alkanes) is 2. The second kappa shape index (κ2) is 9.22. The first-order valence-corrected chi connectivity index (χ1v) is 11.0. The fourth-order valence-corrected chi connectivity index (χ4v) is 4.60. The second-order valence-corrected chi connectivity index (χ2v) is 9.37. The molecule has 2 atom stereocenters. The number of ether oxygens (including phenoxy) is 1. The summed E-state index contributed by atoms with van der Waals surface area (Å²) in [6, 6.07) is 3.77. The van der Waals surface area contributed by atoms with Crippen molar-refractivity contribution in [3.05, 3.63) is 45.1 Å². The van der Waals surface area contributed by atoms with E-state index in [1.54, 1.807) is 6.92 Å². The van der Waals surface area contributed by atoms with Crippen molar-refractivity contribution in [2.75, 3.05) is 6.61 Å². The first-order chi connectivity index (χ1) is 15.1. The summed E-state index contributed by atoms with van der Waals surface area (Å²) >= 11 is 0. The van der Waals surface area contributed by atoms with Gasteiger partial charge in [-0.1, -0.05) is 45.7 Å². The highest BCUT2D eigenvalue weighted by Crippen LogP contribution is 2.48. The molecule has 0 saturated carbocycles. The molecule has 0 fully saturated rings. The van der Waals surface area contributed by atoms with Gasteiger partial charge >= 0.3 is 5.97 Å². The van der Waals surface area contributed by atoms with Crippen molar-refractivity contribution in [3.63, 3.8) is 0 Å². The number of rotatable bonds is 7. The van der Waals surface area contributed by atoms with Crippen molar-refractivity contribution >= 4 is 23.2 Å². The van der Waals surface area contributed by atoms with Crippen LogP contribution in [0.1, 0.15) is 71.3 Å². The van der Waals surface area contributed by atoms with Gasteiger partial charge in [0.15, 0.2) is 5.78 Å². The molecule has 0 spiro atoms. The maximum absolute atomic E-state index is 13.2. The normalized spacial score (nSPS) is 22.2. The number of allylic oxidation sites excluding steroid dienone is 2.